The van der Waals surface area contributed by atoms with Crippen molar-refractivity contribution in [2.24, 2.45) is 0 Å². The Bertz CT molecular complexity index is 783. The fraction of sp³-hybridized carbons (Fsp3) is 0.353. The van der Waals surface area contributed by atoms with Crippen LogP contribution < -0.4 is 5.32 Å². The Hall–Kier alpha value is -2.61. The van der Waals surface area contributed by atoms with Crippen molar-refractivity contribution in [3.63, 3.8) is 0 Å². The Balaban J connectivity index is 1.39. The van der Waals surface area contributed by atoms with E-state index in [2.05, 4.69) is 15.5 Å². The highest BCUT2D eigenvalue weighted by atomic mass is 32.1. The molecular formula is C17H18N4O3S. The van der Waals surface area contributed by atoms with Crippen LogP contribution in [0.15, 0.2) is 24.3 Å². The first kappa shape index (κ1) is 17.2. The number of nitrogens with one attached hydrogen (secondary N) is 1. The molecule has 25 heavy (non-hydrogen) atoms. The Morgan fingerprint density at radius 1 is 1.08 bits per heavy atom. The maximum Gasteiger partial charge on any atom is 0.261 e. The van der Waals surface area contributed by atoms with Gasteiger partial charge >= 0.3 is 0 Å². The maximum atomic E-state index is 12.2. The molecule has 7 nitrogen and oxygen atoms in total. The molecule has 0 saturated carbocycles. The highest BCUT2D eigenvalue weighted by Gasteiger charge is 2.34. The largest absolute Gasteiger partial charge is 0.301 e. The number of unbranched alkanes of at least 4 members (excludes halogenated alkanes) is 2. The number of carbonyl (C=O) groups is 3. The predicted octanol–water partition coefficient (Wildman–Crippen LogP) is 2.64. The third-order valence-electron chi connectivity index (χ3n) is 3.94. The van der Waals surface area contributed by atoms with Crippen LogP contribution in [0.4, 0.5) is 5.13 Å². The summed E-state index contributed by atoms with van der Waals surface area (Å²) in [7, 11) is 0. The Labute approximate surface area is 149 Å². The van der Waals surface area contributed by atoms with Crippen molar-refractivity contribution in [1.82, 2.24) is 15.1 Å². The molecule has 0 fully saturated rings. The van der Waals surface area contributed by atoms with E-state index in [1.807, 2.05) is 6.92 Å². The van der Waals surface area contributed by atoms with Gasteiger partial charge in [0.2, 0.25) is 11.0 Å². The second-order valence-corrected chi connectivity index (χ2v) is 6.97. The quantitative estimate of drug-likeness (QED) is 0.607. The van der Waals surface area contributed by atoms with Crippen LogP contribution in [0.2, 0.25) is 0 Å². The Morgan fingerprint density at radius 2 is 1.76 bits per heavy atom. The number of aryl methyl sites for hydroxylation is 1. The molecule has 1 aliphatic rings. The van der Waals surface area contributed by atoms with Gasteiger partial charge in [-0.2, -0.15) is 0 Å². The molecule has 0 aliphatic carbocycles. The van der Waals surface area contributed by atoms with E-state index in [1.54, 1.807) is 24.3 Å². The molecule has 1 N–H and O–H groups in total. The average Bonchev–Trinajstić information content (AvgIpc) is 3.11. The summed E-state index contributed by atoms with van der Waals surface area (Å²) in [5, 5.41) is 11.7. The summed E-state index contributed by atoms with van der Waals surface area (Å²) in [4.78, 5) is 37.5. The summed E-state index contributed by atoms with van der Waals surface area (Å²) in [6.07, 6.45) is 2.50. The minimum atomic E-state index is -0.231. The molecule has 0 unspecified atom stereocenters. The van der Waals surface area contributed by atoms with E-state index in [0.29, 0.717) is 42.1 Å². The van der Waals surface area contributed by atoms with Gasteiger partial charge in [0.25, 0.3) is 11.8 Å². The minimum Gasteiger partial charge on any atom is -0.301 e. The zero-order valence-corrected chi connectivity index (χ0v) is 14.6. The van der Waals surface area contributed by atoms with Crippen molar-refractivity contribution in [3.05, 3.63) is 40.4 Å². The van der Waals surface area contributed by atoms with Gasteiger partial charge in [0.1, 0.15) is 5.01 Å². The predicted molar refractivity (Wildman–Crippen MR) is 93.6 cm³/mol. The lowest BCUT2D eigenvalue weighted by Gasteiger charge is -2.13. The SMILES string of the molecule is Cc1nnc(NC(=O)CCCCCN2C(=O)c3ccccc3C2=O)s1. The van der Waals surface area contributed by atoms with E-state index < -0.39 is 0 Å². The molecule has 130 valence electrons. The van der Waals surface area contributed by atoms with Gasteiger partial charge in [-0.3, -0.25) is 19.3 Å². The normalized spacial score (nSPS) is 13.2. The van der Waals surface area contributed by atoms with Crippen LogP contribution in [0.5, 0.6) is 0 Å². The van der Waals surface area contributed by atoms with E-state index in [0.717, 1.165) is 11.4 Å². The molecule has 8 heteroatoms. The summed E-state index contributed by atoms with van der Waals surface area (Å²) in [5.41, 5.74) is 0.943. The van der Waals surface area contributed by atoms with Gasteiger partial charge < -0.3 is 5.32 Å². The zero-order chi connectivity index (χ0) is 17.8. The Morgan fingerprint density at radius 3 is 2.36 bits per heavy atom. The summed E-state index contributed by atoms with van der Waals surface area (Å²) >= 11 is 1.34. The second kappa shape index (κ2) is 7.52. The first-order chi connectivity index (χ1) is 12.1. The monoisotopic (exact) mass is 358 g/mol. The van der Waals surface area contributed by atoms with Crippen LogP contribution in [0.3, 0.4) is 0 Å². The number of carbonyl (C=O) groups excluding carboxylic acids is 3. The third kappa shape index (κ3) is 3.90. The van der Waals surface area contributed by atoms with Crippen molar-refractivity contribution in [2.75, 3.05) is 11.9 Å². The molecule has 1 aromatic heterocycles. The van der Waals surface area contributed by atoms with Crippen molar-refractivity contribution in [1.29, 1.82) is 0 Å². The van der Waals surface area contributed by atoms with E-state index in [1.165, 1.54) is 16.2 Å². The van der Waals surface area contributed by atoms with Crippen LogP contribution in [-0.4, -0.2) is 39.4 Å². The van der Waals surface area contributed by atoms with Gasteiger partial charge in [0, 0.05) is 13.0 Å². The van der Waals surface area contributed by atoms with Crippen LogP contribution >= 0.6 is 11.3 Å². The maximum absolute atomic E-state index is 12.2. The summed E-state index contributed by atoms with van der Waals surface area (Å²) in [5.74, 6) is -0.563. The number of amides is 3. The first-order valence-corrected chi connectivity index (χ1v) is 8.93. The smallest absolute Gasteiger partial charge is 0.261 e. The van der Waals surface area contributed by atoms with E-state index >= 15 is 0 Å². The van der Waals surface area contributed by atoms with Crippen molar-refractivity contribution < 1.29 is 14.4 Å². The number of nitrogens with zero attached hydrogens (tertiary/aromatic N) is 3. The molecule has 0 spiro atoms. The molecule has 0 radical (unpaired) electrons. The molecule has 0 saturated heterocycles. The summed E-state index contributed by atoms with van der Waals surface area (Å²) < 4.78 is 0. The summed E-state index contributed by atoms with van der Waals surface area (Å²) in [6, 6.07) is 6.86. The lowest BCUT2D eigenvalue weighted by atomic mass is 10.1. The fourth-order valence-electron chi connectivity index (χ4n) is 2.70. The highest BCUT2D eigenvalue weighted by molar-refractivity contribution is 7.15. The summed E-state index contributed by atoms with van der Waals surface area (Å²) in [6.45, 7) is 2.20. The van der Waals surface area contributed by atoms with Gasteiger partial charge in [-0.1, -0.05) is 29.9 Å². The highest BCUT2D eigenvalue weighted by Crippen LogP contribution is 2.23. The molecule has 3 rings (SSSR count). The van der Waals surface area contributed by atoms with Gasteiger partial charge in [-0.05, 0) is 31.9 Å². The van der Waals surface area contributed by atoms with Crippen LogP contribution in [-0.2, 0) is 4.79 Å². The van der Waals surface area contributed by atoms with Crippen molar-refractivity contribution in [3.8, 4) is 0 Å². The lowest BCUT2D eigenvalue weighted by Crippen LogP contribution is -2.30. The van der Waals surface area contributed by atoms with Crippen LogP contribution in [0, 0.1) is 6.92 Å². The molecule has 1 aliphatic heterocycles. The number of aromatic nitrogens is 2. The van der Waals surface area contributed by atoms with Crippen molar-refractivity contribution >= 4 is 34.2 Å². The second-order valence-electron chi connectivity index (χ2n) is 5.79. The number of hydrogen-bond acceptors (Lipinski definition) is 6. The van der Waals surface area contributed by atoms with Crippen LogP contribution in [0.25, 0.3) is 0 Å². The van der Waals surface area contributed by atoms with E-state index in [4.69, 9.17) is 0 Å². The molecule has 3 amide bonds. The van der Waals surface area contributed by atoms with Crippen LogP contribution in [0.1, 0.15) is 51.4 Å². The average molecular weight is 358 g/mol. The van der Waals surface area contributed by atoms with Crippen molar-refractivity contribution in [2.45, 2.75) is 32.6 Å². The lowest BCUT2D eigenvalue weighted by molar-refractivity contribution is -0.116. The topological polar surface area (TPSA) is 92.3 Å². The van der Waals surface area contributed by atoms with E-state index in [9.17, 15) is 14.4 Å². The first-order valence-electron chi connectivity index (χ1n) is 8.11. The molecule has 0 atom stereocenters. The number of benzene rings is 1. The van der Waals surface area contributed by atoms with Gasteiger partial charge in [0.05, 0.1) is 11.1 Å². The van der Waals surface area contributed by atoms with Gasteiger partial charge in [-0.25, -0.2) is 0 Å². The molecule has 2 aromatic rings. The fourth-order valence-corrected chi connectivity index (χ4v) is 3.31. The number of imide groups is 1. The molecular weight excluding hydrogens is 340 g/mol. The standard InChI is InChI=1S/C17H18N4O3S/c1-11-19-20-17(25-11)18-14(22)9-3-2-6-10-21-15(23)12-7-4-5-8-13(12)16(21)24/h4-5,7-8H,2-3,6,9-10H2,1H3,(H,18,20,22). The zero-order valence-electron chi connectivity index (χ0n) is 13.8. The number of rotatable bonds is 7. The Kier molecular flexibility index (Phi) is 5.18. The minimum absolute atomic E-state index is 0.100. The van der Waals surface area contributed by atoms with E-state index in [-0.39, 0.29) is 17.7 Å². The number of fused-ring (bicyclic) bond motifs is 1. The third-order valence-corrected chi connectivity index (χ3v) is 4.69. The molecule has 1 aromatic carbocycles. The molecule has 0 bridgehead atoms. The number of hydrogen-bond donors (Lipinski definition) is 1. The molecule has 2 heterocycles. The number of anilines is 1. The van der Waals surface area contributed by atoms with Gasteiger partial charge in [0.15, 0.2) is 0 Å². The van der Waals surface area contributed by atoms with Gasteiger partial charge in [-0.15, -0.1) is 10.2 Å².